The summed E-state index contributed by atoms with van der Waals surface area (Å²) in [6.07, 6.45) is 3.28. The molecule has 0 aromatic rings. The minimum atomic E-state index is -0.396. The topological polar surface area (TPSA) is 55.6 Å². The molecule has 2 heterocycles. The van der Waals surface area contributed by atoms with Crippen molar-refractivity contribution >= 4 is 5.91 Å². The normalized spacial score (nSPS) is 25.4. The molecule has 2 rings (SSSR count). The van der Waals surface area contributed by atoms with Gasteiger partial charge in [-0.15, -0.1) is 0 Å². The van der Waals surface area contributed by atoms with Crippen LogP contribution in [0.1, 0.15) is 40.0 Å². The first-order chi connectivity index (χ1) is 8.34. The lowest BCUT2D eigenvalue weighted by Crippen LogP contribution is -2.50. The summed E-state index contributed by atoms with van der Waals surface area (Å²) in [6.45, 7) is 9.49. The number of hydrogen-bond acceptors (Lipinski definition) is 3. The van der Waals surface area contributed by atoms with Crippen molar-refractivity contribution in [1.29, 1.82) is 0 Å². The van der Waals surface area contributed by atoms with Crippen molar-refractivity contribution in [3.05, 3.63) is 0 Å². The minimum absolute atomic E-state index is 0.117. The van der Waals surface area contributed by atoms with Gasteiger partial charge in [-0.05, 0) is 30.1 Å². The Balaban J connectivity index is 1.98. The molecular formula is C14H26N2O2. The smallest absolute Gasteiger partial charge is 0.240 e. The van der Waals surface area contributed by atoms with Gasteiger partial charge in [0.05, 0.1) is 6.04 Å². The maximum atomic E-state index is 12.4. The number of carbonyl (C=O) groups is 1. The van der Waals surface area contributed by atoms with Crippen LogP contribution in [0.25, 0.3) is 0 Å². The molecule has 2 aliphatic heterocycles. The lowest BCUT2D eigenvalue weighted by atomic mass is 9.79. The maximum absolute atomic E-state index is 12.4. The van der Waals surface area contributed by atoms with E-state index in [-0.39, 0.29) is 11.3 Å². The van der Waals surface area contributed by atoms with Crippen molar-refractivity contribution < 1.29 is 9.53 Å². The van der Waals surface area contributed by atoms with Crippen LogP contribution in [-0.4, -0.2) is 43.2 Å². The van der Waals surface area contributed by atoms with E-state index >= 15 is 0 Å². The molecule has 0 aliphatic carbocycles. The number of nitrogens with zero attached hydrogens (tertiary/aromatic N) is 1. The van der Waals surface area contributed by atoms with Gasteiger partial charge in [0.1, 0.15) is 0 Å². The predicted octanol–water partition coefficient (Wildman–Crippen LogP) is 1.39. The summed E-state index contributed by atoms with van der Waals surface area (Å²) in [4.78, 5) is 14.4. The molecule has 0 aromatic carbocycles. The molecule has 2 aliphatic rings. The number of hydrogen-bond donors (Lipinski definition) is 1. The molecule has 0 unspecified atom stereocenters. The maximum Gasteiger partial charge on any atom is 0.240 e. The fourth-order valence-electron chi connectivity index (χ4n) is 2.90. The zero-order valence-corrected chi connectivity index (χ0v) is 11.9. The highest BCUT2D eigenvalue weighted by molar-refractivity contribution is 5.82. The summed E-state index contributed by atoms with van der Waals surface area (Å²) < 4.78 is 5.43. The van der Waals surface area contributed by atoms with Gasteiger partial charge in [0.15, 0.2) is 0 Å². The molecule has 0 bridgehead atoms. The molecule has 4 nitrogen and oxygen atoms in total. The molecular weight excluding hydrogens is 228 g/mol. The van der Waals surface area contributed by atoms with Crippen molar-refractivity contribution in [3.63, 3.8) is 0 Å². The summed E-state index contributed by atoms with van der Waals surface area (Å²) >= 11 is 0. The van der Waals surface area contributed by atoms with Crippen molar-refractivity contribution in [1.82, 2.24) is 4.90 Å². The van der Waals surface area contributed by atoms with Crippen LogP contribution in [0.3, 0.4) is 0 Å². The number of amides is 1. The summed E-state index contributed by atoms with van der Waals surface area (Å²) in [5, 5.41) is 0. The third-order valence-corrected chi connectivity index (χ3v) is 4.50. The van der Waals surface area contributed by atoms with E-state index in [1.165, 1.54) is 0 Å². The summed E-state index contributed by atoms with van der Waals surface area (Å²) in [6, 6.07) is -0.396. The van der Waals surface area contributed by atoms with Crippen molar-refractivity contribution in [2.75, 3.05) is 26.3 Å². The van der Waals surface area contributed by atoms with E-state index in [0.717, 1.165) is 45.6 Å². The summed E-state index contributed by atoms with van der Waals surface area (Å²) in [7, 11) is 0. The third kappa shape index (κ3) is 2.69. The molecule has 0 saturated carbocycles. The predicted molar refractivity (Wildman–Crippen MR) is 71.1 cm³/mol. The van der Waals surface area contributed by atoms with Crippen LogP contribution < -0.4 is 5.73 Å². The Kier molecular flexibility index (Phi) is 3.70. The van der Waals surface area contributed by atoms with E-state index in [9.17, 15) is 4.79 Å². The number of nitrogens with two attached hydrogens (primary N) is 1. The summed E-state index contributed by atoms with van der Waals surface area (Å²) in [5.74, 6) is 0.117. The zero-order valence-electron chi connectivity index (χ0n) is 11.9. The standard InChI is InChI=1S/C14H26N2O2/c1-13(2,3)11(15)12(17)16-7-4-14(10-16)5-8-18-9-6-14/h11H,4-10,15H2,1-3H3/t11-/m1/s1. The average molecular weight is 254 g/mol. The quantitative estimate of drug-likeness (QED) is 0.769. The van der Waals surface area contributed by atoms with Gasteiger partial charge in [0.25, 0.3) is 0 Å². The highest BCUT2D eigenvalue weighted by atomic mass is 16.5. The van der Waals surface area contributed by atoms with Crippen LogP contribution in [0.5, 0.6) is 0 Å². The highest BCUT2D eigenvalue weighted by Crippen LogP contribution is 2.40. The van der Waals surface area contributed by atoms with Crippen LogP contribution in [0, 0.1) is 10.8 Å². The minimum Gasteiger partial charge on any atom is -0.381 e. The number of ether oxygens (including phenoxy) is 1. The van der Waals surface area contributed by atoms with Gasteiger partial charge in [-0.1, -0.05) is 20.8 Å². The fourth-order valence-corrected chi connectivity index (χ4v) is 2.90. The van der Waals surface area contributed by atoms with Crippen LogP contribution >= 0.6 is 0 Å². The second kappa shape index (κ2) is 4.82. The van der Waals surface area contributed by atoms with Gasteiger partial charge >= 0.3 is 0 Å². The van der Waals surface area contributed by atoms with E-state index in [2.05, 4.69) is 0 Å². The van der Waals surface area contributed by atoms with Gasteiger partial charge in [0.2, 0.25) is 5.91 Å². The first kappa shape index (κ1) is 13.8. The Morgan fingerprint density at radius 3 is 2.44 bits per heavy atom. The number of rotatable bonds is 1. The first-order valence-corrected chi connectivity index (χ1v) is 6.96. The summed E-state index contributed by atoms with van der Waals surface area (Å²) in [5.41, 5.74) is 6.22. The molecule has 0 radical (unpaired) electrons. The Morgan fingerprint density at radius 1 is 1.28 bits per heavy atom. The Hall–Kier alpha value is -0.610. The molecule has 1 atom stereocenters. The van der Waals surface area contributed by atoms with E-state index in [1.54, 1.807) is 0 Å². The van der Waals surface area contributed by atoms with E-state index < -0.39 is 6.04 Å². The van der Waals surface area contributed by atoms with Gasteiger partial charge in [-0.3, -0.25) is 4.79 Å². The van der Waals surface area contributed by atoms with Crippen LogP contribution in [0.4, 0.5) is 0 Å². The fraction of sp³-hybridized carbons (Fsp3) is 0.929. The lowest BCUT2D eigenvalue weighted by Gasteiger charge is -2.34. The van der Waals surface area contributed by atoms with Crippen LogP contribution in [-0.2, 0) is 9.53 Å². The molecule has 2 fully saturated rings. The van der Waals surface area contributed by atoms with Gasteiger partial charge in [-0.25, -0.2) is 0 Å². The largest absolute Gasteiger partial charge is 0.381 e. The Labute approximate surface area is 110 Å². The molecule has 4 heteroatoms. The lowest BCUT2D eigenvalue weighted by molar-refractivity contribution is -0.134. The third-order valence-electron chi connectivity index (χ3n) is 4.50. The number of likely N-dealkylation sites (tertiary alicyclic amines) is 1. The van der Waals surface area contributed by atoms with Gasteiger partial charge in [0, 0.05) is 26.3 Å². The van der Waals surface area contributed by atoms with Crippen LogP contribution in [0.15, 0.2) is 0 Å². The average Bonchev–Trinajstić information content (AvgIpc) is 2.71. The second-order valence-electron chi connectivity index (χ2n) is 6.97. The van der Waals surface area contributed by atoms with Crippen molar-refractivity contribution in [3.8, 4) is 0 Å². The van der Waals surface area contributed by atoms with E-state index in [1.807, 2.05) is 25.7 Å². The highest BCUT2D eigenvalue weighted by Gasteiger charge is 2.43. The Bertz CT molecular complexity index is 316. The van der Waals surface area contributed by atoms with Gasteiger partial charge < -0.3 is 15.4 Å². The SMILES string of the molecule is CC(C)(C)[C@H](N)C(=O)N1CCC2(CCOCC2)C1. The first-order valence-electron chi connectivity index (χ1n) is 6.96. The van der Waals surface area contributed by atoms with Gasteiger partial charge in [-0.2, -0.15) is 0 Å². The molecule has 104 valence electrons. The number of carbonyl (C=O) groups excluding carboxylic acids is 1. The van der Waals surface area contributed by atoms with E-state index in [0.29, 0.717) is 5.41 Å². The molecule has 2 saturated heterocycles. The molecule has 1 spiro atoms. The molecule has 18 heavy (non-hydrogen) atoms. The van der Waals surface area contributed by atoms with Crippen molar-refractivity contribution in [2.24, 2.45) is 16.6 Å². The monoisotopic (exact) mass is 254 g/mol. The second-order valence-corrected chi connectivity index (χ2v) is 6.97. The molecule has 0 aromatic heterocycles. The van der Waals surface area contributed by atoms with Crippen molar-refractivity contribution in [2.45, 2.75) is 46.1 Å². The van der Waals surface area contributed by atoms with E-state index in [4.69, 9.17) is 10.5 Å². The Morgan fingerprint density at radius 2 is 1.89 bits per heavy atom. The van der Waals surface area contributed by atoms with Crippen LogP contribution in [0.2, 0.25) is 0 Å². The zero-order chi connectivity index (χ0) is 13.4. The molecule has 1 amide bonds. The molecule has 2 N–H and O–H groups in total.